The second-order valence-corrected chi connectivity index (χ2v) is 3.17. The number of pyridine rings is 1. The molecule has 1 amide bonds. The fraction of sp³-hybridized carbons (Fsp3) is 0.333. The highest BCUT2D eigenvalue weighted by Crippen LogP contribution is 2.13. The molecule has 0 fully saturated rings. The minimum absolute atomic E-state index is 0.0742. The van der Waals surface area contributed by atoms with E-state index >= 15 is 0 Å². The van der Waals surface area contributed by atoms with Crippen LogP contribution in [0.15, 0.2) is 18.3 Å². The highest BCUT2D eigenvalue weighted by Gasteiger charge is 2.16. The molecule has 1 heterocycles. The van der Waals surface area contributed by atoms with Gasteiger partial charge in [0, 0.05) is 12.7 Å². The zero-order valence-corrected chi connectivity index (χ0v) is 8.53. The van der Waals surface area contributed by atoms with Gasteiger partial charge in [-0.15, -0.1) is 0 Å². The summed E-state index contributed by atoms with van der Waals surface area (Å²) in [4.78, 5) is 15.3. The molecule has 1 rings (SSSR count). The first-order valence-electron chi connectivity index (χ1n) is 4.28. The van der Waals surface area contributed by atoms with E-state index in [1.54, 1.807) is 12.1 Å². The van der Waals surface area contributed by atoms with Gasteiger partial charge in [-0.2, -0.15) is 0 Å². The van der Waals surface area contributed by atoms with E-state index in [0.717, 1.165) is 0 Å². The Labute approximate surface area is 87.1 Å². The number of carbonyl (C=O) groups is 1. The van der Waals surface area contributed by atoms with Crippen LogP contribution < -0.4 is 0 Å². The highest BCUT2D eigenvalue weighted by molar-refractivity contribution is 6.33. The maximum atomic E-state index is 11.5. The molecule has 4 nitrogen and oxygen atoms in total. The number of hydroxylamine groups is 2. The van der Waals surface area contributed by atoms with Crippen LogP contribution in [0, 0.1) is 0 Å². The number of nitrogens with zero attached hydrogens (tertiary/aromatic N) is 2. The summed E-state index contributed by atoms with van der Waals surface area (Å²) in [7, 11) is 0. The van der Waals surface area contributed by atoms with Crippen molar-refractivity contribution in [1.29, 1.82) is 0 Å². The van der Waals surface area contributed by atoms with Crippen molar-refractivity contribution >= 4 is 17.5 Å². The van der Waals surface area contributed by atoms with Crippen LogP contribution in [0.3, 0.4) is 0 Å². The van der Waals surface area contributed by atoms with E-state index in [9.17, 15) is 10.0 Å². The lowest BCUT2D eigenvalue weighted by Crippen LogP contribution is -2.29. The number of amides is 1. The first-order chi connectivity index (χ1) is 6.66. The number of halogens is 1. The van der Waals surface area contributed by atoms with Crippen LogP contribution in [-0.2, 0) is 0 Å². The third-order valence-electron chi connectivity index (χ3n) is 1.63. The van der Waals surface area contributed by atoms with Gasteiger partial charge in [0.05, 0.1) is 5.02 Å². The largest absolute Gasteiger partial charge is 0.297 e. The lowest BCUT2D eigenvalue weighted by molar-refractivity contribution is -0.0582. The summed E-state index contributed by atoms with van der Waals surface area (Å²) in [5, 5.41) is 10.1. The molecule has 0 aliphatic carbocycles. The van der Waals surface area contributed by atoms with Gasteiger partial charge in [-0.05, 0) is 18.6 Å². The van der Waals surface area contributed by atoms with Crippen molar-refractivity contribution in [3.63, 3.8) is 0 Å². The van der Waals surface area contributed by atoms with Crippen LogP contribution in [0.2, 0.25) is 5.02 Å². The Balaban J connectivity index is 2.84. The van der Waals surface area contributed by atoms with Gasteiger partial charge in [0.25, 0.3) is 5.91 Å². The van der Waals surface area contributed by atoms with Crippen LogP contribution in [0.25, 0.3) is 0 Å². The Morgan fingerprint density at radius 2 is 2.43 bits per heavy atom. The van der Waals surface area contributed by atoms with Gasteiger partial charge < -0.3 is 0 Å². The molecule has 0 bridgehead atoms. The SMILES string of the molecule is CCCN(O)C(=O)c1ncccc1Cl. The standard InChI is InChI=1S/C9H11ClN2O2/c1-2-6-12(14)9(13)8-7(10)4-3-5-11-8/h3-5,14H,2,6H2,1H3. The molecule has 5 heteroatoms. The first kappa shape index (κ1) is 10.9. The van der Waals surface area contributed by atoms with Crippen molar-refractivity contribution < 1.29 is 10.0 Å². The molecular weight excluding hydrogens is 204 g/mol. The van der Waals surface area contributed by atoms with Crippen LogP contribution in [-0.4, -0.2) is 27.7 Å². The topological polar surface area (TPSA) is 53.4 Å². The summed E-state index contributed by atoms with van der Waals surface area (Å²) >= 11 is 5.74. The van der Waals surface area contributed by atoms with Gasteiger partial charge in [-0.1, -0.05) is 18.5 Å². The molecule has 1 N–H and O–H groups in total. The summed E-state index contributed by atoms with van der Waals surface area (Å²) in [5.74, 6) is -0.572. The van der Waals surface area contributed by atoms with E-state index in [0.29, 0.717) is 11.5 Å². The Bertz CT molecular complexity index is 330. The molecule has 0 aromatic carbocycles. The Kier molecular flexibility index (Phi) is 3.85. The smallest absolute Gasteiger partial charge is 0.286 e. The number of hydrogen-bond donors (Lipinski definition) is 1. The van der Waals surface area contributed by atoms with E-state index in [-0.39, 0.29) is 17.3 Å². The zero-order chi connectivity index (χ0) is 10.6. The van der Waals surface area contributed by atoms with Gasteiger partial charge in [-0.3, -0.25) is 10.0 Å². The molecule has 0 unspecified atom stereocenters. The van der Waals surface area contributed by atoms with Gasteiger partial charge in [-0.25, -0.2) is 10.0 Å². The normalized spacial score (nSPS) is 9.93. The minimum atomic E-state index is -0.572. The van der Waals surface area contributed by atoms with E-state index in [2.05, 4.69) is 4.98 Å². The molecular formula is C9H11ClN2O2. The molecule has 0 radical (unpaired) electrons. The lowest BCUT2D eigenvalue weighted by atomic mass is 10.3. The molecule has 0 saturated carbocycles. The van der Waals surface area contributed by atoms with Crippen LogP contribution in [0.4, 0.5) is 0 Å². The molecule has 1 aromatic heterocycles. The van der Waals surface area contributed by atoms with E-state index < -0.39 is 5.91 Å². The fourth-order valence-electron chi connectivity index (χ4n) is 0.979. The number of hydrogen-bond acceptors (Lipinski definition) is 3. The second kappa shape index (κ2) is 4.93. The van der Waals surface area contributed by atoms with Crippen molar-refractivity contribution in [2.24, 2.45) is 0 Å². The van der Waals surface area contributed by atoms with Crippen molar-refractivity contribution in [2.45, 2.75) is 13.3 Å². The molecule has 0 saturated heterocycles. The summed E-state index contributed by atoms with van der Waals surface area (Å²) < 4.78 is 0. The average Bonchev–Trinajstić information content (AvgIpc) is 2.18. The van der Waals surface area contributed by atoms with Gasteiger partial charge in [0.15, 0.2) is 0 Å². The molecule has 76 valence electrons. The predicted octanol–water partition coefficient (Wildman–Crippen LogP) is 1.98. The Hall–Kier alpha value is -1.13. The molecule has 0 aliphatic rings. The molecule has 1 aromatic rings. The number of aromatic nitrogens is 1. The monoisotopic (exact) mass is 214 g/mol. The van der Waals surface area contributed by atoms with Crippen molar-refractivity contribution in [3.8, 4) is 0 Å². The maximum Gasteiger partial charge on any atom is 0.297 e. The van der Waals surface area contributed by atoms with Gasteiger partial charge >= 0.3 is 0 Å². The van der Waals surface area contributed by atoms with Crippen molar-refractivity contribution in [1.82, 2.24) is 10.0 Å². The first-order valence-corrected chi connectivity index (χ1v) is 4.66. The van der Waals surface area contributed by atoms with E-state index in [1.165, 1.54) is 6.20 Å². The maximum absolute atomic E-state index is 11.5. The van der Waals surface area contributed by atoms with Gasteiger partial charge in [0.1, 0.15) is 5.69 Å². The summed E-state index contributed by atoms with van der Waals surface area (Å²) in [6.07, 6.45) is 2.13. The van der Waals surface area contributed by atoms with E-state index in [4.69, 9.17) is 11.6 Å². The highest BCUT2D eigenvalue weighted by atomic mass is 35.5. The van der Waals surface area contributed by atoms with Gasteiger partial charge in [0.2, 0.25) is 0 Å². The van der Waals surface area contributed by atoms with E-state index in [1.807, 2.05) is 6.92 Å². The Morgan fingerprint density at radius 3 is 3.00 bits per heavy atom. The van der Waals surface area contributed by atoms with Crippen LogP contribution in [0.5, 0.6) is 0 Å². The van der Waals surface area contributed by atoms with Crippen LogP contribution in [0.1, 0.15) is 23.8 Å². The lowest BCUT2D eigenvalue weighted by Gasteiger charge is -2.13. The predicted molar refractivity (Wildman–Crippen MR) is 52.4 cm³/mol. The van der Waals surface area contributed by atoms with Crippen molar-refractivity contribution in [3.05, 3.63) is 29.0 Å². The zero-order valence-electron chi connectivity index (χ0n) is 7.77. The third-order valence-corrected chi connectivity index (χ3v) is 1.94. The summed E-state index contributed by atoms with van der Waals surface area (Å²) in [5.41, 5.74) is 0.0742. The Morgan fingerprint density at radius 1 is 1.71 bits per heavy atom. The average molecular weight is 215 g/mol. The molecule has 14 heavy (non-hydrogen) atoms. The molecule has 0 spiro atoms. The third kappa shape index (κ3) is 2.43. The molecule has 0 atom stereocenters. The second-order valence-electron chi connectivity index (χ2n) is 2.76. The number of carbonyl (C=O) groups excluding carboxylic acids is 1. The van der Waals surface area contributed by atoms with Crippen molar-refractivity contribution in [2.75, 3.05) is 6.54 Å². The summed E-state index contributed by atoms with van der Waals surface area (Å²) in [6, 6.07) is 3.18. The van der Waals surface area contributed by atoms with Crippen LogP contribution >= 0.6 is 11.6 Å². The number of rotatable bonds is 3. The quantitative estimate of drug-likeness (QED) is 0.618. The molecule has 0 aliphatic heterocycles. The minimum Gasteiger partial charge on any atom is -0.286 e. The fourth-order valence-corrected chi connectivity index (χ4v) is 1.18. The summed E-state index contributed by atoms with van der Waals surface area (Å²) in [6.45, 7) is 2.13.